The van der Waals surface area contributed by atoms with Crippen LogP contribution in [0.4, 0.5) is 0 Å². The predicted molar refractivity (Wildman–Crippen MR) is 72.2 cm³/mol. The number of amides is 1. The van der Waals surface area contributed by atoms with Crippen LogP contribution in [0.25, 0.3) is 0 Å². The van der Waals surface area contributed by atoms with E-state index in [2.05, 4.69) is 10.2 Å². The number of carbonyl (C=O) groups excluding carboxylic acids is 1. The quantitative estimate of drug-likeness (QED) is 0.813. The molecule has 2 heterocycles. The molecule has 3 heteroatoms. The minimum atomic E-state index is 0.151. The van der Waals surface area contributed by atoms with Gasteiger partial charge < -0.3 is 10.2 Å². The monoisotopic (exact) mass is 250 g/mol. The van der Waals surface area contributed by atoms with Gasteiger partial charge in [0.15, 0.2) is 0 Å². The summed E-state index contributed by atoms with van der Waals surface area (Å²) in [5.41, 5.74) is 0.245. The molecular weight excluding hydrogens is 224 g/mol. The Bertz CT molecular complexity index is 335. The van der Waals surface area contributed by atoms with E-state index in [1.165, 1.54) is 32.1 Å². The molecule has 1 N–H and O–H groups in total. The van der Waals surface area contributed by atoms with E-state index in [1.54, 1.807) is 0 Å². The van der Waals surface area contributed by atoms with E-state index in [0.29, 0.717) is 11.8 Å². The summed E-state index contributed by atoms with van der Waals surface area (Å²) < 4.78 is 0. The molecule has 3 nitrogen and oxygen atoms in total. The van der Waals surface area contributed by atoms with Crippen LogP contribution in [0.5, 0.6) is 0 Å². The summed E-state index contributed by atoms with van der Waals surface area (Å²) in [6, 6.07) is 0. The van der Waals surface area contributed by atoms with Crippen LogP contribution in [-0.4, -0.2) is 36.0 Å². The minimum Gasteiger partial charge on any atom is -0.336 e. The molecule has 3 unspecified atom stereocenters. The molecule has 3 rings (SSSR count). The summed E-state index contributed by atoms with van der Waals surface area (Å²) >= 11 is 0. The number of carbonyl (C=O) groups is 1. The van der Waals surface area contributed by atoms with Crippen molar-refractivity contribution in [1.29, 1.82) is 0 Å². The Morgan fingerprint density at radius 1 is 1.28 bits per heavy atom. The first-order valence-corrected chi connectivity index (χ1v) is 7.68. The molecule has 0 bridgehead atoms. The molecule has 3 atom stereocenters. The number of nitrogens with one attached hydrogen (secondary N) is 1. The highest BCUT2D eigenvalue weighted by atomic mass is 16.2. The van der Waals surface area contributed by atoms with E-state index in [-0.39, 0.29) is 11.5 Å². The first-order chi connectivity index (χ1) is 8.66. The average Bonchev–Trinajstić information content (AvgIpc) is 2.61. The van der Waals surface area contributed by atoms with Crippen LogP contribution in [0.2, 0.25) is 0 Å². The fraction of sp³-hybridized carbons (Fsp3) is 0.933. The van der Waals surface area contributed by atoms with Gasteiger partial charge in [0.25, 0.3) is 0 Å². The Kier molecular flexibility index (Phi) is 3.13. The van der Waals surface area contributed by atoms with Crippen molar-refractivity contribution in [3.63, 3.8) is 0 Å². The van der Waals surface area contributed by atoms with E-state index in [0.717, 1.165) is 25.6 Å². The van der Waals surface area contributed by atoms with Crippen LogP contribution >= 0.6 is 0 Å². The molecule has 0 aromatic rings. The number of fused-ring (bicyclic) bond motifs is 1. The maximum Gasteiger partial charge on any atom is 0.225 e. The highest BCUT2D eigenvalue weighted by Crippen LogP contribution is 2.56. The minimum absolute atomic E-state index is 0.151. The van der Waals surface area contributed by atoms with Crippen LogP contribution in [0.1, 0.15) is 46.0 Å². The molecule has 3 fully saturated rings. The Hall–Kier alpha value is -0.570. The zero-order valence-corrected chi connectivity index (χ0v) is 11.7. The van der Waals surface area contributed by atoms with Crippen molar-refractivity contribution in [3.8, 4) is 0 Å². The van der Waals surface area contributed by atoms with Gasteiger partial charge in [0.1, 0.15) is 0 Å². The summed E-state index contributed by atoms with van der Waals surface area (Å²) in [4.78, 5) is 14.8. The van der Waals surface area contributed by atoms with Crippen LogP contribution in [-0.2, 0) is 4.79 Å². The molecular formula is C15H26N2O. The summed E-state index contributed by atoms with van der Waals surface area (Å²) in [6.45, 7) is 7.38. The first-order valence-electron chi connectivity index (χ1n) is 7.68. The number of rotatable bonds is 2. The standard InChI is InChI=1S/C15H26N2O/c1-11(2)14(18)17-9-6-12-5-7-15(12,17)13-4-3-8-16-10-13/h11-13,16H,3-10H2,1-2H3. The van der Waals surface area contributed by atoms with Crippen LogP contribution in [0, 0.1) is 17.8 Å². The maximum absolute atomic E-state index is 12.5. The smallest absolute Gasteiger partial charge is 0.225 e. The van der Waals surface area contributed by atoms with Gasteiger partial charge in [-0.1, -0.05) is 13.8 Å². The van der Waals surface area contributed by atoms with Gasteiger partial charge in [0.05, 0.1) is 0 Å². The van der Waals surface area contributed by atoms with Gasteiger partial charge in [-0.2, -0.15) is 0 Å². The molecule has 1 amide bonds. The molecule has 3 aliphatic rings. The van der Waals surface area contributed by atoms with Crippen molar-refractivity contribution in [1.82, 2.24) is 10.2 Å². The molecule has 102 valence electrons. The second-order valence-corrected chi connectivity index (χ2v) is 6.70. The van der Waals surface area contributed by atoms with E-state index >= 15 is 0 Å². The van der Waals surface area contributed by atoms with Crippen molar-refractivity contribution < 1.29 is 4.79 Å². The Morgan fingerprint density at radius 3 is 2.67 bits per heavy atom. The second-order valence-electron chi connectivity index (χ2n) is 6.70. The van der Waals surface area contributed by atoms with Crippen LogP contribution in [0.15, 0.2) is 0 Å². The van der Waals surface area contributed by atoms with Gasteiger partial charge >= 0.3 is 0 Å². The molecule has 2 aliphatic heterocycles. The van der Waals surface area contributed by atoms with Crippen LogP contribution < -0.4 is 5.32 Å². The number of likely N-dealkylation sites (tertiary alicyclic amines) is 1. The topological polar surface area (TPSA) is 32.3 Å². The predicted octanol–water partition coefficient (Wildman–Crippen LogP) is 2.02. The highest BCUT2D eigenvalue weighted by molar-refractivity contribution is 5.79. The number of hydrogen-bond donors (Lipinski definition) is 1. The summed E-state index contributed by atoms with van der Waals surface area (Å²) in [5.74, 6) is 2.04. The van der Waals surface area contributed by atoms with E-state index in [4.69, 9.17) is 0 Å². The lowest BCUT2D eigenvalue weighted by Crippen LogP contribution is -2.64. The van der Waals surface area contributed by atoms with Crippen molar-refractivity contribution >= 4 is 5.91 Å². The molecule has 1 aliphatic carbocycles. The lowest BCUT2D eigenvalue weighted by atomic mass is 9.59. The number of hydrogen-bond acceptors (Lipinski definition) is 2. The second kappa shape index (κ2) is 4.52. The Labute approximate surface area is 110 Å². The van der Waals surface area contributed by atoms with Gasteiger partial charge in [-0.3, -0.25) is 4.79 Å². The lowest BCUT2D eigenvalue weighted by Gasteiger charge is -2.56. The van der Waals surface area contributed by atoms with E-state index < -0.39 is 0 Å². The lowest BCUT2D eigenvalue weighted by molar-refractivity contribution is -0.148. The fourth-order valence-electron chi connectivity index (χ4n) is 4.55. The summed E-state index contributed by atoms with van der Waals surface area (Å²) in [7, 11) is 0. The molecule has 18 heavy (non-hydrogen) atoms. The summed E-state index contributed by atoms with van der Waals surface area (Å²) in [6.07, 6.45) is 6.43. The van der Waals surface area contributed by atoms with Crippen molar-refractivity contribution in [2.75, 3.05) is 19.6 Å². The van der Waals surface area contributed by atoms with Gasteiger partial charge in [-0.05, 0) is 50.5 Å². The Balaban J connectivity index is 1.84. The van der Waals surface area contributed by atoms with Gasteiger partial charge in [-0.15, -0.1) is 0 Å². The largest absolute Gasteiger partial charge is 0.336 e. The average molecular weight is 250 g/mol. The van der Waals surface area contributed by atoms with Gasteiger partial charge in [0.2, 0.25) is 5.91 Å². The van der Waals surface area contributed by atoms with Crippen LogP contribution in [0.3, 0.4) is 0 Å². The summed E-state index contributed by atoms with van der Waals surface area (Å²) in [5, 5.41) is 3.54. The molecule has 0 aromatic heterocycles. The third-order valence-corrected chi connectivity index (χ3v) is 5.57. The molecule has 1 saturated carbocycles. The fourth-order valence-corrected chi connectivity index (χ4v) is 4.55. The number of piperidine rings is 1. The normalized spacial score (nSPS) is 39.6. The van der Waals surface area contributed by atoms with Crippen molar-refractivity contribution in [3.05, 3.63) is 0 Å². The van der Waals surface area contributed by atoms with Gasteiger partial charge in [0, 0.05) is 24.5 Å². The molecule has 2 saturated heterocycles. The number of nitrogens with zero attached hydrogens (tertiary/aromatic N) is 1. The Morgan fingerprint density at radius 2 is 2.11 bits per heavy atom. The SMILES string of the molecule is CC(C)C(=O)N1CCC2CCC21C1CCCNC1. The molecule has 0 aromatic carbocycles. The first kappa shape index (κ1) is 12.5. The molecule has 0 spiro atoms. The van der Waals surface area contributed by atoms with Crippen molar-refractivity contribution in [2.45, 2.75) is 51.5 Å². The third kappa shape index (κ3) is 1.63. The highest BCUT2D eigenvalue weighted by Gasteiger charge is 2.60. The third-order valence-electron chi connectivity index (χ3n) is 5.57. The zero-order chi connectivity index (χ0) is 12.8. The molecule has 0 radical (unpaired) electrons. The van der Waals surface area contributed by atoms with Crippen molar-refractivity contribution in [2.24, 2.45) is 17.8 Å². The maximum atomic E-state index is 12.5. The van der Waals surface area contributed by atoms with Gasteiger partial charge in [-0.25, -0.2) is 0 Å². The van der Waals surface area contributed by atoms with E-state index in [1.807, 2.05) is 13.8 Å². The van der Waals surface area contributed by atoms with E-state index in [9.17, 15) is 4.79 Å². The zero-order valence-electron chi connectivity index (χ0n) is 11.7.